The highest BCUT2D eigenvalue weighted by atomic mass is 32.2. The summed E-state index contributed by atoms with van der Waals surface area (Å²) in [6, 6.07) is 6.03. The Balaban J connectivity index is 3.11. The third-order valence-electron chi connectivity index (χ3n) is 2.97. The zero-order valence-electron chi connectivity index (χ0n) is 12.5. The van der Waals surface area contributed by atoms with E-state index in [9.17, 15) is 13.2 Å². The van der Waals surface area contributed by atoms with Gasteiger partial charge in [-0.15, -0.1) is 13.2 Å². The van der Waals surface area contributed by atoms with Gasteiger partial charge in [-0.05, 0) is 12.1 Å². The quantitative estimate of drug-likeness (QED) is 0.548. The first kappa shape index (κ1) is 17.3. The molecule has 0 amide bonds. The Kier molecular flexibility index (Phi) is 6.05. The highest BCUT2D eigenvalue weighted by Gasteiger charge is 2.22. The maximum absolute atomic E-state index is 12.5. The number of Topliss-reactive ketones (excluding diaryl/α,β-unsaturated/α-hetero) is 1. The number of carbonyl (C=O) groups excluding carboxylic acids is 1. The molecule has 5 heteroatoms. The number of rotatable bonds is 8. The summed E-state index contributed by atoms with van der Waals surface area (Å²) in [7, 11) is -3.61. The predicted octanol–water partition coefficient (Wildman–Crippen LogP) is 2.89. The molecule has 1 aromatic rings. The molecule has 21 heavy (non-hydrogen) atoms. The van der Waals surface area contributed by atoms with E-state index in [1.54, 1.807) is 12.1 Å². The average molecular weight is 307 g/mol. The predicted molar refractivity (Wildman–Crippen MR) is 84.8 cm³/mol. The number of carbonyl (C=O) groups is 1. The molecule has 0 saturated carbocycles. The van der Waals surface area contributed by atoms with Gasteiger partial charge in [-0.25, -0.2) is 8.42 Å². The van der Waals surface area contributed by atoms with Gasteiger partial charge in [-0.1, -0.05) is 38.1 Å². The van der Waals surface area contributed by atoms with Crippen LogP contribution in [0.4, 0.5) is 0 Å². The second-order valence-corrected chi connectivity index (χ2v) is 6.88. The van der Waals surface area contributed by atoms with Crippen molar-refractivity contribution in [3.8, 4) is 0 Å². The van der Waals surface area contributed by atoms with Crippen LogP contribution in [0.25, 0.3) is 0 Å². The Labute approximate surface area is 126 Å². The summed E-state index contributed by atoms with van der Waals surface area (Å²) >= 11 is 0. The Morgan fingerprint density at radius 1 is 1.14 bits per heavy atom. The molecule has 0 unspecified atom stereocenters. The molecule has 0 N–H and O–H groups in total. The smallest absolute Gasteiger partial charge is 0.243 e. The van der Waals surface area contributed by atoms with E-state index >= 15 is 0 Å². The highest BCUT2D eigenvalue weighted by molar-refractivity contribution is 7.89. The maximum Gasteiger partial charge on any atom is 0.243 e. The van der Waals surface area contributed by atoms with Gasteiger partial charge in [-0.2, -0.15) is 4.31 Å². The SMILES string of the molecule is C=CCN(CC=C)S(=O)(=O)c1ccc(C(=O)C(C)C)cc1. The van der Waals surface area contributed by atoms with Gasteiger partial charge < -0.3 is 0 Å². The lowest BCUT2D eigenvalue weighted by Gasteiger charge is -2.19. The molecule has 0 heterocycles. The van der Waals surface area contributed by atoms with E-state index in [1.165, 1.54) is 28.6 Å². The van der Waals surface area contributed by atoms with Crippen LogP contribution in [0.15, 0.2) is 54.5 Å². The van der Waals surface area contributed by atoms with E-state index in [4.69, 9.17) is 0 Å². The van der Waals surface area contributed by atoms with Crippen molar-refractivity contribution >= 4 is 15.8 Å². The lowest BCUT2D eigenvalue weighted by Crippen LogP contribution is -2.31. The summed E-state index contributed by atoms with van der Waals surface area (Å²) in [5.74, 6) is -0.126. The van der Waals surface area contributed by atoms with Gasteiger partial charge in [0.05, 0.1) is 4.90 Å². The maximum atomic E-state index is 12.5. The van der Waals surface area contributed by atoms with Crippen molar-refractivity contribution in [3.05, 3.63) is 55.1 Å². The first-order chi connectivity index (χ1) is 9.84. The van der Waals surface area contributed by atoms with Crippen molar-refractivity contribution in [2.45, 2.75) is 18.7 Å². The first-order valence-corrected chi connectivity index (χ1v) is 8.14. The molecular weight excluding hydrogens is 286 g/mol. The molecule has 0 bridgehead atoms. The largest absolute Gasteiger partial charge is 0.294 e. The normalized spacial score (nSPS) is 11.6. The molecule has 0 saturated heterocycles. The summed E-state index contributed by atoms with van der Waals surface area (Å²) in [4.78, 5) is 12.0. The third-order valence-corrected chi connectivity index (χ3v) is 4.81. The number of nitrogens with zero attached hydrogens (tertiary/aromatic N) is 1. The van der Waals surface area contributed by atoms with E-state index in [1.807, 2.05) is 13.8 Å². The summed E-state index contributed by atoms with van der Waals surface area (Å²) in [5, 5.41) is 0. The van der Waals surface area contributed by atoms with Gasteiger partial charge in [0.25, 0.3) is 0 Å². The van der Waals surface area contributed by atoms with Crippen molar-refractivity contribution < 1.29 is 13.2 Å². The molecule has 4 nitrogen and oxygen atoms in total. The van der Waals surface area contributed by atoms with Crippen molar-refractivity contribution in [1.29, 1.82) is 0 Å². The van der Waals surface area contributed by atoms with Crippen LogP contribution in [0.1, 0.15) is 24.2 Å². The van der Waals surface area contributed by atoms with Crippen LogP contribution >= 0.6 is 0 Å². The molecule has 1 aromatic carbocycles. The lowest BCUT2D eigenvalue weighted by atomic mass is 10.0. The molecule has 1 rings (SSSR count). The number of benzene rings is 1. The minimum atomic E-state index is -3.61. The molecule has 0 aromatic heterocycles. The topological polar surface area (TPSA) is 54.5 Å². The van der Waals surface area contributed by atoms with Crippen molar-refractivity contribution in [2.24, 2.45) is 5.92 Å². The standard InChI is InChI=1S/C16H21NO3S/c1-5-11-17(12-6-2)21(19,20)15-9-7-14(8-10-15)16(18)13(3)4/h5-10,13H,1-2,11-12H2,3-4H3. The van der Waals surface area contributed by atoms with Crippen LogP contribution in [0.5, 0.6) is 0 Å². The summed E-state index contributed by atoms with van der Waals surface area (Å²) in [6.07, 6.45) is 3.05. The minimum Gasteiger partial charge on any atom is -0.294 e. The minimum absolute atomic E-state index is 0.00649. The van der Waals surface area contributed by atoms with Gasteiger partial charge in [0.2, 0.25) is 10.0 Å². The summed E-state index contributed by atoms with van der Waals surface area (Å²) in [5.41, 5.74) is 0.517. The van der Waals surface area contributed by atoms with E-state index in [2.05, 4.69) is 13.2 Å². The number of sulfonamides is 1. The van der Waals surface area contributed by atoms with Crippen LogP contribution in [0.2, 0.25) is 0 Å². The first-order valence-electron chi connectivity index (χ1n) is 6.70. The fourth-order valence-electron chi connectivity index (χ4n) is 1.83. The van der Waals surface area contributed by atoms with Gasteiger partial charge in [0.1, 0.15) is 0 Å². The van der Waals surface area contributed by atoms with Crippen LogP contribution in [-0.4, -0.2) is 31.6 Å². The highest BCUT2D eigenvalue weighted by Crippen LogP contribution is 2.18. The molecule has 0 spiro atoms. The van der Waals surface area contributed by atoms with Crippen LogP contribution in [0.3, 0.4) is 0 Å². The Morgan fingerprint density at radius 2 is 1.62 bits per heavy atom. The average Bonchev–Trinajstić information content (AvgIpc) is 2.46. The van der Waals surface area contributed by atoms with Gasteiger partial charge >= 0.3 is 0 Å². The van der Waals surface area contributed by atoms with Gasteiger partial charge in [0, 0.05) is 24.6 Å². The number of ketones is 1. The van der Waals surface area contributed by atoms with Crippen molar-refractivity contribution in [1.82, 2.24) is 4.31 Å². The third kappa shape index (κ3) is 4.12. The fraction of sp³-hybridized carbons (Fsp3) is 0.312. The summed E-state index contributed by atoms with van der Waals surface area (Å²) < 4.78 is 26.2. The monoisotopic (exact) mass is 307 g/mol. The van der Waals surface area contributed by atoms with Crippen molar-refractivity contribution in [3.63, 3.8) is 0 Å². The zero-order valence-corrected chi connectivity index (χ0v) is 13.3. The molecule has 0 fully saturated rings. The summed E-state index contributed by atoms with van der Waals surface area (Å²) in [6.45, 7) is 11.2. The molecule has 0 aliphatic carbocycles. The molecule has 0 atom stereocenters. The van der Waals surface area contributed by atoms with E-state index < -0.39 is 10.0 Å². The number of hydrogen-bond donors (Lipinski definition) is 0. The van der Waals surface area contributed by atoms with Gasteiger partial charge in [0.15, 0.2) is 5.78 Å². The van der Waals surface area contributed by atoms with E-state index in [-0.39, 0.29) is 29.7 Å². The zero-order chi connectivity index (χ0) is 16.0. The molecule has 0 aliphatic rings. The molecule has 114 valence electrons. The number of hydrogen-bond acceptors (Lipinski definition) is 3. The van der Waals surface area contributed by atoms with Crippen LogP contribution in [0, 0.1) is 5.92 Å². The second-order valence-electron chi connectivity index (χ2n) is 4.94. The van der Waals surface area contributed by atoms with Crippen LogP contribution < -0.4 is 0 Å². The van der Waals surface area contributed by atoms with Crippen molar-refractivity contribution in [2.75, 3.05) is 13.1 Å². The Bertz CT molecular complexity index is 605. The fourth-order valence-corrected chi connectivity index (χ4v) is 3.21. The van der Waals surface area contributed by atoms with Gasteiger partial charge in [-0.3, -0.25) is 4.79 Å². The Morgan fingerprint density at radius 3 is 2.00 bits per heavy atom. The molecule has 0 radical (unpaired) electrons. The molecular formula is C16H21NO3S. The van der Waals surface area contributed by atoms with E-state index in [0.29, 0.717) is 5.56 Å². The van der Waals surface area contributed by atoms with E-state index in [0.717, 1.165) is 0 Å². The second kappa shape index (κ2) is 7.33. The Hall–Kier alpha value is -1.72. The lowest BCUT2D eigenvalue weighted by molar-refractivity contribution is 0.0939. The molecule has 0 aliphatic heterocycles. The van der Waals surface area contributed by atoms with Crippen LogP contribution in [-0.2, 0) is 10.0 Å².